The molecule has 1 aliphatic heterocycles. The van der Waals surface area contributed by atoms with Crippen molar-refractivity contribution in [1.82, 2.24) is 0 Å². The minimum Gasteiger partial charge on any atom is -0.268 e. The van der Waals surface area contributed by atoms with E-state index in [-0.39, 0.29) is 11.8 Å². The topological polar surface area (TPSA) is 61.2 Å². The van der Waals surface area contributed by atoms with Crippen LogP contribution in [0.2, 0.25) is 0 Å². The fraction of sp³-hybridized carbons (Fsp3) is 0. The van der Waals surface area contributed by atoms with Crippen LogP contribution in [-0.2, 0) is 0 Å². The highest BCUT2D eigenvalue weighted by molar-refractivity contribution is 14.1. The molecule has 20 heavy (non-hydrogen) atoms. The summed E-state index contributed by atoms with van der Waals surface area (Å²) in [5.41, 5.74) is 1.39. The number of halogens is 1. The van der Waals surface area contributed by atoms with Crippen LogP contribution in [0.15, 0.2) is 42.5 Å². The van der Waals surface area contributed by atoms with E-state index in [0.717, 1.165) is 8.47 Å². The fourth-order valence-electron chi connectivity index (χ4n) is 2.20. The third kappa shape index (κ3) is 1.80. The number of amides is 2. The predicted molar refractivity (Wildman–Crippen MR) is 81.5 cm³/mol. The molecule has 4 nitrogen and oxygen atoms in total. The molecule has 2 aromatic rings. The molecule has 0 saturated heterocycles. The summed E-state index contributed by atoms with van der Waals surface area (Å²) >= 11 is 2.08. The van der Waals surface area contributed by atoms with Crippen LogP contribution >= 0.6 is 22.6 Å². The van der Waals surface area contributed by atoms with Crippen molar-refractivity contribution in [3.05, 3.63) is 62.7 Å². The SMILES string of the molecule is N#Cc1cc(I)ccc1N1C(=O)c2ccccc2C1=O. The summed E-state index contributed by atoms with van der Waals surface area (Å²) in [6.07, 6.45) is 0. The molecule has 0 aliphatic carbocycles. The van der Waals surface area contributed by atoms with Crippen molar-refractivity contribution in [3.8, 4) is 6.07 Å². The minimum atomic E-state index is -0.386. The van der Waals surface area contributed by atoms with Crippen molar-refractivity contribution in [1.29, 1.82) is 5.26 Å². The molecule has 1 heterocycles. The number of rotatable bonds is 1. The number of anilines is 1. The van der Waals surface area contributed by atoms with Gasteiger partial charge in [-0.05, 0) is 52.9 Å². The number of benzene rings is 2. The summed E-state index contributed by atoms with van der Waals surface area (Å²) in [4.78, 5) is 25.8. The maximum atomic E-state index is 12.4. The van der Waals surface area contributed by atoms with Gasteiger partial charge in [-0.25, -0.2) is 4.90 Å². The molecule has 96 valence electrons. The molecule has 0 radical (unpaired) electrons. The number of carbonyl (C=O) groups is 2. The van der Waals surface area contributed by atoms with Gasteiger partial charge in [-0.15, -0.1) is 0 Å². The summed E-state index contributed by atoms with van der Waals surface area (Å²) < 4.78 is 0.875. The smallest absolute Gasteiger partial charge is 0.266 e. The quantitative estimate of drug-likeness (QED) is 0.570. The van der Waals surface area contributed by atoms with Gasteiger partial charge in [-0.3, -0.25) is 9.59 Å². The van der Waals surface area contributed by atoms with Crippen LogP contribution in [0.3, 0.4) is 0 Å². The molecule has 0 aromatic heterocycles. The van der Waals surface area contributed by atoms with Crippen molar-refractivity contribution in [2.45, 2.75) is 0 Å². The van der Waals surface area contributed by atoms with Crippen LogP contribution in [0.5, 0.6) is 0 Å². The second-order valence-corrected chi connectivity index (χ2v) is 5.51. The van der Waals surface area contributed by atoms with E-state index in [4.69, 9.17) is 0 Å². The molecule has 0 bridgehead atoms. The maximum Gasteiger partial charge on any atom is 0.266 e. The van der Waals surface area contributed by atoms with E-state index in [9.17, 15) is 14.9 Å². The van der Waals surface area contributed by atoms with Gasteiger partial charge in [0.05, 0.1) is 22.4 Å². The highest BCUT2D eigenvalue weighted by atomic mass is 127. The van der Waals surface area contributed by atoms with Gasteiger partial charge in [-0.2, -0.15) is 5.26 Å². The Bertz CT molecular complexity index is 758. The second-order valence-electron chi connectivity index (χ2n) is 4.26. The van der Waals surface area contributed by atoms with Crippen molar-refractivity contribution in [3.63, 3.8) is 0 Å². The monoisotopic (exact) mass is 374 g/mol. The molecule has 0 unspecified atom stereocenters. The van der Waals surface area contributed by atoms with E-state index >= 15 is 0 Å². The van der Waals surface area contributed by atoms with Gasteiger partial charge in [0, 0.05) is 3.57 Å². The van der Waals surface area contributed by atoms with Crippen molar-refractivity contribution >= 4 is 40.1 Å². The normalized spacial score (nSPS) is 13.3. The van der Waals surface area contributed by atoms with Crippen molar-refractivity contribution in [2.75, 3.05) is 4.90 Å². The van der Waals surface area contributed by atoms with Crippen LogP contribution in [0.4, 0.5) is 5.69 Å². The lowest BCUT2D eigenvalue weighted by Gasteiger charge is -2.15. The number of imide groups is 1. The zero-order valence-electron chi connectivity index (χ0n) is 10.1. The highest BCUT2D eigenvalue weighted by Gasteiger charge is 2.37. The summed E-state index contributed by atoms with van der Waals surface area (Å²) in [5, 5.41) is 9.19. The van der Waals surface area contributed by atoms with Crippen LogP contribution in [-0.4, -0.2) is 11.8 Å². The Morgan fingerprint density at radius 3 is 2.15 bits per heavy atom. The molecule has 0 atom stereocenters. The van der Waals surface area contributed by atoms with Gasteiger partial charge in [0.2, 0.25) is 0 Å². The zero-order valence-corrected chi connectivity index (χ0v) is 12.3. The first kappa shape index (κ1) is 12.8. The second kappa shape index (κ2) is 4.72. The summed E-state index contributed by atoms with van der Waals surface area (Å²) in [6.45, 7) is 0. The number of hydrogen-bond acceptors (Lipinski definition) is 3. The maximum absolute atomic E-state index is 12.4. The standard InChI is InChI=1S/C15H7IN2O2/c16-10-5-6-13(9(7-10)8-17)18-14(19)11-3-1-2-4-12(11)15(18)20/h1-7H. The van der Waals surface area contributed by atoms with Crippen molar-refractivity contribution < 1.29 is 9.59 Å². The number of nitriles is 1. The van der Waals surface area contributed by atoms with Crippen LogP contribution in [0, 0.1) is 14.9 Å². The number of carbonyl (C=O) groups excluding carboxylic acids is 2. The lowest BCUT2D eigenvalue weighted by molar-refractivity contribution is 0.0926. The highest BCUT2D eigenvalue weighted by Crippen LogP contribution is 2.31. The molecule has 2 amide bonds. The molecular formula is C15H7IN2O2. The summed E-state index contributed by atoms with van der Waals surface area (Å²) in [7, 11) is 0. The molecule has 3 rings (SSSR count). The Hall–Kier alpha value is -2.20. The fourth-order valence-corrected chi connectivity index (χ4v) is 2.69. The molecule has 0 spiro atoms. The Labute approximate surface area is 128 Å². The Morgan fingerprint density at radius 1 is 1.00 bits per heavy atom. The van der Waals surface area contributed by atoms with E-state index in [1.807, 2.05) is 6.07 Å². The van der Waals surface area contributed by atoms with Gasteiger partial charge in [0.25, 0.3) is 11.8 Å². The first-order valence-electron chi connectivity index (χ1n) is 5.81. The molecule has 1 aliphatic rings. The molecule has 0 fully saturated rings. The summed E-state index contributed by atoms with van der Waals surface area (Å²) in [6, 6.07) is 13.7. The number of hydrogen-bond donors (Lipinski definition) is 0. The molecule has 0 saturated carbocycles. The number of nitrogens with zero attached hydrogens (tertiary/aromatic N) is 2. The third-order valence-electron chi connectivity index (χ3n) is 3.11. The minimum absolute atomic E-state index is 0.311. The molecular weight excluding hydrogens is 367 g/mol. The van der Waals surface area contributed by atoms with E-state index in [1.54, 1.807) is 42.5 Å². The largest absolute Gasteiger partial charge is 0.268 e. The van der Waals surface area contributed by atoms with Gasteiger partial charge >= 0.3 is 0 Å². The van der Waals surface area contributed by atoms with E-state index in [1.165, 1.54) is 0 Å². The van der Waals surface area contributed by atoms with Gasteiger partial charge in [0.15, 0.2) is 0 Å². The Morgan fingerprint density at radius 2 is 1.60 bits per heavy atom. The average Bonchev–Trinajstić information content (AvgIpc) is 2.72. The van der Waals surface area contributed by atoms with E-state index in [2.05, 4.69) is 22.6 Å². The number of fused-ring (bicyclic) bond motifs is 1. The van der Waals surface area contributed by atoms with Crippen LogP contribution in [0.25, 0.3) is 0 Å². The van der Waals surface area contributed by atoms with Crippen LogP contribution in [0.1, 0.15) is 26.3 Å². The Kier molecular flexibility index (Phi) is 3.03. The lowest BCUT2D eigenvalue weighted by atomic mass is 10.1. The molecule has 2 aromatic carbocycles. The first-order chi connectivity index (χ1) is 9.63. The van der Waals surface area contributed by atoms with Gasteiger partial charge in [-0.1, -0.05) is 12.1 Å². The lowest BCUT2D eigenvalue weighted by Crippen LogP contribution is -2.30. The van der Waals surface area contributed by atoms with E-state index < -0.39 is 0 Å². The van der Waals surface area contributed by atoms with E-state index in [0.29, 0.717) is 22.4 Å². The van der Waals surface area contributed by atoms with Gasteiger partial charge in [0.1, 0.15) is 6.07 Å². The predicted octanol–water partition coefficient (Wildman–Crippen LogP) is 2.96. The zero-order chi connectivity index (χ0) is 14.3. The molecule has 0 N–H and O–H groups in total. The third-order valence-corrected chi connectivity index (χ3v) is 3.79. The van der Waals surface area contributed by atoms with Crippen LogP contribution < -0.4 is 4.90 Å². The Balaban J connectivity index is 2.17. The average molecular weight is 374 g/mol. The molecule has 5 heteroatoms. The van der Waals surface area contributed by atoms with Gasteiger partial charge < -0.3 is 0 Å². The van der Waals surface area contributed by atoms with Crippen molar-refractivity contribution in [2.24, 2.45) is 0 Å². The summed E-state index contributed by atoms with van der Waals surface area (Å²) in [5.74, 6) is -0.772. The first-order valence-corrected chi connectivity index (χ1v) is 6.89.